The van der Waals surface area contributed by atoms with Crippen LogP contribution in [0.15, 0.2) is 18.2 Å². The maximum Gasteiger partial charge on any atom is 0.255 e. The van der Waals surface area contributed by atoms with E-state index in [-0.39, 0.29) is 5.91 Å². The summed E-state index contributed by atoms with van der Waals surface area (Å²) in [6.07, 6.45) is 3.46. The van der Waals surface area contributed by atoms with Gasteiger partial charge in [0.15, 0.2) is 0 Å². The predicted octanol–water partition coefficient (Wildman–Crippen LogP) is 4.03. The van der Waals surface area contributed by atoms with Crippen LogP contribution in [-0.2, 0) is 0 Å². The SMILES string of the molecule is CN(C)C(=O)c1ccc(Cl)cc1NC1CCC(C)(C)C1. The number of benzene rings is 1. The van der Waals surface area contributed by atoms with Gasteiger partial charge in [-0.05, 0) is 42.9 Å². The summed E-state index contributed by atoms with van der Waals surface area (Å²) in [5.74, 6) is 0.00132. The van der Waals surface area contributed by atoms with E-state index in [0.29, 0.717) is 22.0 Å². The van der Waals surface area contributed by atoms with Crippen molar-refractivity contribution in [2.24, 2.45) is 5.41 Å². The Kier molecular flexibility index (Phi) is 4.28. The molecule has 1 aromatic rings. The lowest BCUT2D eigenvalue weighted by molar-refractivity contribution is 0.0828. The summed E-state index contributed by atoms with van der Waals surface area (Å²) in [5, 5.41) is 4.16. The van der Waals surface area contributed by atoms with Gasteiger partial charge in [0.2, 0.25) is 0 Å². The second-order valence-electron chi connectivity index (χ2n) is 6.64. The van der Waals surface area contributed by atoms with Crippen molar-refractivity contribution in [2.45, 2.75) is 39.2 Å². The lowest BCUT2D eigenvalue weighted by atomic mass is 9.92. The van der Waals surface area contributed by atoms with Gasteiger partial charge in [-0.15, -0.1) is 0 Å². The summed E-state index contributed by atoms with van der Waals surface area (Å²) < 4.78 is 0. The van der Waals surface area contributed by atoms with Crippen molar-refractivity contribution in [2.75, 3.05) is 19.4 Å². The summed E-state index contributed by atoms with van der Waals surface area (Å²) >= 11 is 6.08. The van der Waals surface area contributed by atoms with E-state index in [1.54, 1.807) is 31.1 Å². The molecule has 1 aliphatic rings. The Labute approximate surface area is 126 Å². The fourth-order valence-corrected chi connectivity index (χ4v) is 3.01. The van der Waals surface area contributed by atoms with E-state index in [4.69, 9.17) is 11.6 Å². The summed E-state index contributed by atoms with van der Waals surface area (Å²) in [6.45, 7) is 4.58. The third kappa shape index (κ3) is 3.45. The highest BCUT2D eigenvalue weighted by molar-refractivity contribution is 6.31. The Morgan fingerprint density at radius 1 is 1.40 bits per heavy atom. The highest BCUT2D eigenvalue weighted by Crippen LogP contribution is 2.38. The minimum Gasteiger partial charge on any atom is -0.382 e. The van der Waals surface area contributed by atoms with Gasteiger partial charge < -0.3 is 10.2 Å². The molecule has 1 amide bonds. The number of nitrogens with zero attached hydrogens (tertiary/aromatic N) is 1. The molecule has 1 unspecified atom stereocenters. The zero-order valence-corrected chi connectivity index (χ0v) is 13.4. The number of carbonyl (C=O) groups excluding carboxylic acids is 1. The molecule has 3 nitrogen and oxygen atoms in total. The Bertz CT molecular complexity index is 511. The smallest absolute Gasteiger partial charge is 0.255 e. The molecule has 0 radical (unpaired) electrons. The zero-order chi connectivity index (χ0) is 14.9. The Balaban J connectivity index is 2.22. The van der Waals surface area contributed by atoms with E-state index >= 15 is 0 Å². The third-order valence-electron chi connectivity index (χ3n) is 3.95. The van der Waals surface area contributed by atoms with Crippen LogP contribution in [0.4, 0.5) is 5.69 Å². The number of anilines is 1. The first-order chi connectivity index (χ1) is 9.28. The van der Waals surface area contributed by atoms with Crippen LogP contribution in [0, 0.1) is 5.41 Å². The van der Waals surface area contributed by atoms with E-state index in [1.807, 2.05) is 6.07 Å². The molecule has 1 atom stereocenters. The highest BCUT2D eigenvalue weighted by Gasteiger charge is 2.31. The fraction of sp³-hybridized carbons (Fsp3) is 0.562. The molecule has 2 rings (SSSR count). The summed E-state index contributed by atoms with van der Waals surface area (Å²) in [6, 6.07) is 5.83. The van der Waals surface area contributed by atoms with Crippen LogP contribution in [0.25, 0.3) is 0 Å². The first-order valence-corrected chi connectivity index (χ1v) is 7.44. The largest absolute Gasteiger partial charge is 0.382 e. The number of halogens is 1. The maximum absolute atomic E-state index is 12.2. The van der Waals surface area contributed by atoms with Crippen LogP contribution >= 0.6 is 11.6 Å². The summed E-state index contributed by atoms with van der Waals surface area (Å²) in [7, 11) is 3.53. The molecular weight excluding hydrogens is 272 g/mol. The fourth-order valence-electron chi connectivity index (χ4n) is 2.84. The van der Waals surface area contributed by atoms with Gasteiger partial charge in [-0.2, -0.15) is 0 Å². The minimum absolute atomic E-state index is 0.00132. The molecule has 1 fully saturated rings. The van der Waals surface area contributed by atoms with Gasteiger partial charge in [0.05, 0.1) is 5.56 Å². The molecule has 1 N–H and O–H groups in total. The Morgan fingerprint density at radius 2 is 2.10 bits per heavy atom. The summed E-state index contributed by atoms with van der Waals surface area (Å²) in [5.41, 5.74) is 1.91. The maximum atomic E-state index is 12.2. The number of hydrogen-bond donors (Lipinski definition) is 1. The van der Waals surface area contributed by atoms with E-state index in [0.717, 1.165) is 18.5 Å². The van der Waals surface area contributed by atoms with Crippen LogP contribution in [-0.4, -0.2) is 30.9 Å². The molecule has 1 saturated carbocycles. The zero-order valence-electron chi connectivity index (χ0n) is 12.7. The van der Waals surface area contributed by atoms with Gasteiger partial charge >= 0.3 is 0 Å². The average Bonchev–Trinajstić information content (AvgIpc) is 2.68. The number of rotatable bonds is 3. The minimum atomic E-state index is 0.00132. The monoisotopic (exact) mass is 294 g/mol. The van der Waals surface area contributed by atoms with Crippen molar-refractivity contribution >= 4 is 23.2 Å². The number of hydrogen-bond acceptors (Lipinski definition) is 2. The summed E-state index contributed by atoms with van der Waals surface area (Å²) in [4.78, 5) is 13.8. The molecule has 1 aliphatic carbocycles. The molecule has 20 heavy (non-hydrogen) atoms. The predicted molar refractivity (Wildman–Crippen MR) is 84.5 cm³/mol. The van der Waals surface area contributed by atoms with Gasteiger partial charge in [0.25, 0.3) is 5.91 Å². The Hall–Kier alpha value is -1.22. The standard InChI is InChI=1S/C16H23ClN2O/c1-16(2)8-7-12(10-16)18-14-9-11(17)5-6-13(14)15(20)19(3)4/h5-6,9,12,18H,7-8,10H2,1-4H3. The first kappa shape index (κ1) is 15.2. The lowest BCUT2D eigenvalue weighted by Crippen LogP contribution is -2.25. The van der Waals surface area contributed by atoms with Crippen molar-refractivity contribution < 1.29 is 4.79 Å². The molecule has 0 saturated heterocycles. The number of carbonyl (C=O) groups is 1. The van der Waals surface area contributed by atoms with Crippen molar-refractivity contribution in [1.29, 1.82) is 0 Å². The van der Waals surface area contributed by atoms with Crippen LogP contribution in [0.1, 0.15) is 43.5 Å². The third-order valence-corrected chi connectivity index (χ3v) is 4.18. The van der Waals surface area contributed by atoms with Crippen molar-refractivity contribution in [3.8, 4) is 0 Å². The van der Waals surface area contributed by atoms with Crippen LogP contribution in [0.3, 0.4) is 0 Å². The quantitative estimate of drug-likeness (QED) is 0.913. The molecular formula is C16H23ClN2O. The molecule has 0 aliphatic heterocycles. The van der Waals surface area contributed by atoms with E-state index in [1.165, 1.54) is 6.42 Å². The second-order valence-corrected chi connectivity index (χ2v) is 7.07. The van der Waals surface area contributed by atoms with E-state index < -0.39 is 0 Å². The Morgan fingerprint density at radius 3 is 2.65 bits per heavy atom. The van der Waals surface area contributed by atoms with E-state index in [9.17, 15) is 4.79 Å². The van der Waals surface area contributed by atoms with Gasteiger partial charge in [0.1, 0.15) is 0 Å². The van der Waals surface area contributed by atoms with Crippen molar-refractivity contribution in [1.82, 2.24) is 4.90 Å². The van der Waals surface area contributed by atoms with Gasteiger partial charge in [-0.1, -0.05) is 25.4 Å². The molecule has 0 spiro atoms. The lowest BCUT2D eigenvalue weighted by Gasteiger charge is -2.21. The van der Waals surface area contributed by atoms with Gasteiger partial charge in [-0.3, -0.25) is 4.79 Å². The first-order valence-electron chi connectivity index (χ1n) is 7.06. The topological polar surface area (TPSA) is 32.3 Å². The number of nitrogens with one attached hydrogen (secondary N) is 1. The van der Waals surface area contributed by atoms with Crippen LogP contribution in [0.5, 0.6) is 0 Å². The normalized spacial score (nSPS) is 20.8. The van der Waals surface area contributed by atoms with Crippen molar-refractivity contribution in [3.63, 3.8) is 0 Å². The second kappa shape index (κ2) is 5.65. The molecule has 1 aromatic carbocycles. The van der Waals surface area contributed by atoms with Gasteiger partial charge in [0, 0.05) is 30.8 Å². The van der Waals surface area contributed by atoms with E-state index in [2.05, 4.69) is 19.2 Å². The van der Waals surface area contributed by atoms with Crippen LogP contribution < -0.4 is 5.32 Å². The molecule has 0 aromatic heterocycles. The van der Waals surface area contributed by atoms with Crippen LogP contribution in [0.2, 0.25) is 5.02 Å². The molecule has 4 heteroatoms. The van der Waals surface area contributed by atoms with Crippen molar-refractivity contribution in [3.05, 3.63) is 28.8 Å². The molecule has 0 bridgehead atoms. The molecule has 0 heterocycles. The number of amides is 1. The highest BCUT2D eigenvalue weighted by atomic mass is 35.5. The molecule has 110 valence electrons. The van der Waals surface area contributed by atoms with Gasteiger partial charge in [-0.25, -0.2) is 0 Å². The average molecular weight is 295 g/mol.